The number of nitrogens with zero attached hydrogens (tertiary/aromatic N) is 2. The van der Waals surface area contributed by atoms with E-state index in [1.54, 1.807) is 12.4 Å². The van der Waals surface area contributed by atoms with Gasteiger partial charge in [-0.25, -0.2) is 0 Å². The van der Waals surface area contributed by atoms with Gasteiger partial charge >= 0.3 is 0 Å². The van der Waals surface area contributed by atoms with Gasteiger partial charge in [-0.05, 0) is 48.2 Å². The number of halogens is 1. The quantitative estimate of drug-likeness (QED) is 0.692. The van der Waals surface area contributed by atoms with E-state index in [4.69, 9.17) is 11.6 Å². The molecule has 1 atom stereocenters. The van der Waals surface area contributed by atoms with Crippen molar-refractivity contribution < 1.29 is 5.11 Å². The van der Waals surface area contributed by atoms with Crippen molar-refractivity contribution in [1.82, 2.24) is 15.3 Å². The molecule has 24 heavy (non-hydrogen) atoms. The highest BCUT2D eigenvalue weighted by atomic mass is 35.5. The van der Waals surface area contributed by atoms with Crippen LogP contribution in [0.1, 0.15) is 11.3 Å². The Morgan fingerprint density at radius 2 is 1.92 bits per heavy atom. The number of nitrogens with one attached hydrogen (secondary N) is 1. The summed E-state index contributed by atoms with van der Waals surface area (Å²) in [6.45, 7) is 1.52. The Hall–Kier alpha value is -2.01. The first-order valence-electron chi connectivity index (χ1n) is 8.01. The second-order valence-corrected chi connectivity index (χ2v) is 6.22. The number of fused-ring (bicyclic) bond motifs is 1. The Morgan fingerprint density at radius 1 is 1.04 bits per heavy atom. The molecule has 4 nitrogen and oxygen atoms in total. The number of benzene rings is 1. The van der Waals surface area contributed by atoms with Gasteiger partial charge in [-0.2, -0.15) is 0 Å². The Balaban J connectivity index is 1.62. The summed E-state index contributed by atoms with van der Waals surface area (Å²) in [6, 6.07) is 13.6. The summed E-state index contributed by atoms with van der Waals surface area (Å²) in [7, 11) is 0. The summed E-state index contributed by atoms with van der Waals surface area (Å²) < 4.78 is 0. The lowest BCUT2D eigenvalue weighted by molar-refractivity contribution is 0.221. The molecule has 2 aromatic heterocycles. The van der Waals surface area contributed by atoms with Crippen molar-refractivity contribution in [2.24, 2.45) is 5.92 Å². The summed E-state index contributed by atoms with van der Waals surface area (Å²) in [5.74, 6) is 0.131. The number of pyridine rings is 2. The third kappa shape index (κ3) is 4.09. The van der Waals surface area contributed by atoms with E-state index in [-0.39, 0.29) is 12.5 Å². The maximum absolute atomic E-state index is 9.60. The molecule has 1 aromatic carbocycles. The lowest BCUT2D eigenvalue weighted by atomic mass is 10.0. The molecular weight excluding hydrogens is 322 g/mol. The summed E-state index contributed by atoms with van der Waals surface area (Å²) in [4.78, 5) is 8.76. The van der Waals surface area contributed by atoms with Crippen molar-refractivity contribution in [2.45, 2.75) is 13.0 Å². The van der Waals surface area contributed by atoms with E-state index in [9.17, 15) is 5.11 Å². The van der Waals surface area contributed by atoms with Crippen LogP contribution in [0, 0.1) is 5.92 Å². The molecule has 3 rings (SSSR count). The molecular formula is C19H20ClN3O. The van der Waals surface area contributed by atoms with Gasteiger partial charge in [0.25, 0.3) is 0 Å². The third-order valence-electron chi connectivity index (χ3n) is 4.03. The number of rotatable bonds is 7. The molecule has 124 valence electrons. The second kappa shape index (κ2) is 8.20. The first kappa shape index (κ1) is 16.8. The zero-order chi connectivity index (χ0) is 16.8. The van der Waals surface area contributed by atoms with Crippen molar-refractivity contribution in [1.29, 1.82) is 0 Å². The number of aromatic nitrogens is 2. The van der Waals surface area contributed by atoms with Crippen LogP contribution in [0.5, 0.6) is 0 Å². The molecule has 2 N–H and O–H groups in total. The zero-order valence-corrected chi connectivity index (χ0v) is 14.1. The maximum Gasteiger partial charge on any atom is 0.0761 e. The van der Waals surface area contributed by atoms with Crippen LogP contribution in [-0.2, 0) is 13.0 Å². The fourth-order valence-electron chi connectivity index (χ4n) is 2.77. The van der Waals surface area contributed by atoms with E-state index in [0.29, 0.717) is 18.1 Å². The lowest BCUT2D eigenvalue weighted by Gasteiger charge is -2.15. The Morgan fingerprint density at radius 3 is 2.71 bits per heavy atom. The van der Waals surface area contributed by atoms with Gasteiger partial charge in [-0.3, -0.25) is 9.97 Å². The average molecular weight is 342 g/mol. The van der Waals surface area contributed by atoms with Crippen molar-refractivity contribution in [2.75, 3.05) is 13.2 Å². The molecule has 1 unspecified atom stereocenters. The van der Waals surface area contributed by atoms with Gasteiger partial charge in [-0.1, -0.05) is 23.7 Å². The molecule has 0 saturated heterocycles. The van der Waals surface area contributed by atoms with E-state index in [1.165, 1.54) is 0 Å². The van der Waals surface area contributed by atoms with Gasteiger partial charge in [0, 0.05) is 48.2 Å². The van der Waals surface area contributed by atoms with E-state index < -0.39 is 0 Å². The van der Waals surface area contributed by atoms with Gasteiger partial charge in [0.2, 0.25) is 0 Å². The van der Waals surface area contributed by atoms with E-state index in [1.807, 2.05) is 42.5 Å². The molecule has 0 amide bonds. The minimum atomic E-state index is 0.128. The van der Waals surface area contributed by atoms with Crippen LogP contribution in [0.15, 0.2) is 54.9 Å². The summed E-state index contributed by atoms with van der Waals surface area (Å²) in [5.41, 5.74) is 3.02. The smallest absolute Gasteiger partial charge is 0.0761 e. The van der Waals surface area contributed by atoms with Crippen LogP contribution in [0.4, 0.5) is 0 Å². The fraction of sp³-hybridized carbons (Fsp3) is 0.263. The van der Waals surface area contributed by atoms with Crippen molar-refractivity contribution in [3.63, 3.8) is 0 Å². The average Bonchev–Trinajstić information content (AvgIpc) is 2.64. The molecule has 0 aliphatic heterocycles. The SMILES string of the molecule is OCC(CNCc1ccc(Cl)c2cccnc12)Cc1ccccn1. The number of hydrogen-bond acceptors (Lipinski definition) is 4. The first-order valence-corrected chi connectivity index (χ1v) is 8.39. The lowest BCUT2D eigenvalue weighted by Crippen LogP contribution is -2.26. The number of aliphatic hydroxyl groups excluding tert-OH is 1. The minimum Gasteiger partial charge on any atom is -0.396 e. The molecule has 0 fully saturated rings. The monoisotopic (exact) mass is 341 g/mol. The number of aliphatic hydroxyl groups is 1. The summed E-state index contributed by atoms with van der Waals surface area (Å²) >= 11 is 6.23. The highest BCUT2D eigenvalue weighted by Gasteiger charge is 2.10. The second-order valence-electron chi connectivity index (χ2n) is 5.81. The van der Waals surface area contributed by atoms with Gasteiger partial charge < -0.3 is 10.4 Å². The Kier molecular flexibility index (Phi) is 5.75. The Labute approximate surface area is 146 Å². The Bertz CT molecular complexity index is 795. The van der Waals surface area contributed by atoms with Crippen molar-refractivity contribution in [3.05, 3.63) is 71.1 Å². The standard InChI is InChI=1S/C19H20ClN3O/c20-18-7-6-15(19-17(18)5-3-9-23-19)12-21-11-14(13-24)10-16-4-1-2-8-22-16/h1-9,14,21,24H,10-13H2. The topological polar surface area (TPSA) is 58.0 Å². The molecule has 0 spiro atoms. The predicted octanol–water partition coefficient (Wildman–Crippen LogP) is 3.22. The molecule has 5 heteroatoms. The zero-order valence-electron chi connectivity index (χ0n) is 13.3. The number of hydrogen-bond donors (Lipinski definition) is 2. The molecule has 0 aliphatic rings. The van der Waals surface area contributed by atoms with Crippen LogP contribution in [-0.4, -0.2) is 28.2 Å². The van der Waals surface area contributed by atoms with E-state index >= 15 is 0 Å². The van der Waals surface area contributed by atoms with Crippen LogP contribution < -0.4 is 5.32 Å². The highest BCUT2D eigenvalue weighted by molar-refractivity contribution is 6.35. The van der Waals surface area contributed by atoms with Gasteiger partial charge in [-0.15, -0.1) is 0 Å². The molecule has 0 bridgehead atoms. The van der Waals surface area contributed by atoms with Gasteiger partial charge in [0.15, 0.2) is 0 Å². The van der Waals surface area contributed by atoms with E-state index in [0.717, 1.165) is 28.6 Å². The van der Waals surface area contributed by atoms with Crippen LogP contribution in [0.25, 0.3) is 10.9 Å². The maximum atomic E-state index is 9.60. The largest absolute Gasteiger partial charge is 0.396 e. The molecule has 2 heterocycles. The predicted molar refractivity (Wildman–Crippen MR) is 97.0 cm³/mol. The fourth-order valence-corrected chi connectivity index (χ4v) is 2.98. The summed E-state index contributed by atoms with van der Waals surface area (Å²) in [5, 5.41) is 14.7. The first-order chi connectivity index (χ1) is 11.8. The van der Waals surface area contributed by atoms with Crippen molar-refractivity contribution >= 4 is 22.5 Å². The van der Waals surface area contributed by atoms with Gasteiger partial charge in [0.05, 0.1) is 5.52 Å². The molecule has 3 aromatic rings. The minimum absolute atomic E-state index is 0.128. The van der Waals surface area contributed by atoms with Gasteiger partial charge in [0.1, 0.15) is 0 Å². The van der Waals surface area contributed by atoms with Crippen molar-refractivity contribution in [3.8, 4) is 0 Å². The van der Waals surface area contributed by atoms with Crippen LogP contribution >= 0.6 is 11.6 Å². The van der Waals surface area contributed by atoms with E-state index in [2.05, 4.69) is 15.3 Å². The normalized spacial score (nSPS) is 12.4. The third-order valence-corrected chi connectivity index (χ3v) is 4.36. The van der Waals surface area contributed by atoms with Crippen LogP contribution in [0.2, 0.25) is 5.02 Å². The highest BCUT2D eigenvalue weighted by Crippen LogP contribution is 2.24. The molecule has 0 radical (unpaired) electrons. The van der Waals surface area contributed by atoms with Crippen LogP contribution in [0.3, 0.4) is 0 Å². The molecule has 0 saturated carbocycles. The molecule has 0 aliphatic carbocycles. The summed E-state index contributed by atoms with van der Waals surface area (Å²) in [6.07, 6.45) is 4.31.